The van der Waals surface area contributed by atoms with E-state index >= 15 is 0 Å². The number of likely N-dealkylation sites (tertiary alicyclic amines) is 1. The number of carbonyl (C=O) groups excluding carboxylic acids is 1. The summed E-state index contributed by atoms with van der Waals surface area (Å²) in [7, 11) is 0. The van der Waals surface area contributed by atoms with Crippen LogP contribution in [0.25, 0.3) is 10.9 Å². The molecule has 1 amide bonds. The summed E-state index contributed by atoms with van der Waals surface area (Å²) in [6, 6.07) is 7.98. The Morgan fingerprint density at radius 2 is 2.08 bits per heavy atom. The van der Waals surface area contributed by atoms with Crippen molar-refractivity contribution in [3.8, 4) is 0 Å². The molecule has 1 N–H and O–H groups in total. The van der Waals surface area contributed by atoms with Crippen LogP contribution in [0.5, 0.6) is 0 Å². The molecule has 3 rings (SSSR count). The Hall–Kier alpha value is -2.43. The van der Waals surface area contributed by atoms with Gasteiger partial charge in [0.15, 0.2) is 0 Å². The number of carbonyl (C=O) groups is 2. The van der Waals surface area contributed by atoms with Crippen LogP contribution in [0.3, 0.4) is 0 Å². The van der Waals surface area contributed by atoms with Crippen molar-refractivity contribution >= 4 is 22.8 Å². The van der Waals surface area contributed by atoms with Crippen molar-refractivity contribution in [1.29, 1.82) is 0 Å². The van der Waals surface area contributed by atoms with Crippen LogP contribution in [0, 0.1) is 19.8 Å². The van der Waals surface area contributed by atoms with Gasteiger partial charge in [-0.2, -0.15) is 0 Å². The SMILES string of the molecule is Cc1ccc2cc(C(=O)N3CCC[C@H](CCC(=O)O)C3)c(C)nc2c1. The first-order valence-electron chi connectivity index (χ1n) is 8.83. The van der Waals surface area contributed by atoms with Gasteiger partial charge in [0.05, 0.1) is 16.8 Å². The van der Waals surface area contributed by atoms with Gasteiger partial charge in [0.25, 0.3) is 5.91 Å². The van der Waals surface area contributed by atoms with Crippen LogP contribution in [0.1, 0.15) is 47.3 Å². The van der Waals surface area contributed by atoms with Crippen LogP contribution in [0.4, 0.5) is 0 Å². The Kier molecular flexibility index (Phi) is 5.02. The quantitative estimate of drug-likeness (QED) is 0.924. The van der Waals surface area contributed by atoms with Crippen molar-refractivity contribution < 1.29 is 14.7 Å². The summed E-state index contributed by atoms with van der Waals surface area (Å²) >= 11 is 0. The van der Waals surface area contributed by atoms with E-state index in [0.717, 1.165) is 41.5 Å². The number of hydrogen-bond acceptors (Lipinski definition) is 3. The zero-order valence-corrected chi connectivity index (χ0v) is 14.8. The molecule has 0 aliphatic carbocycles. The smallest absolute Gasteiger partial charge is 0.303 e. The maximum atomic E-state index is 13.0. The number of aryl methyl sites for hydroxylation is 2. The molecule has 5 heteroatoms. The number of piperidine rings is 1. The van der Waals surface area contributed by atoms with Crippen LogP contribution in [0.15, 0.2) is 24.3 Å². The molecule has 0 spiro atoms. The number of amides is 1. The normalized spacial score (nSPS) is 17.7. The first-order chi connectivity index (χ1) is 11.9. The molecule has 2 aromatic rings. The average Bonchev–Trinajstić information content (AvgIpc) is 2.59. The number of carboxylic acids is 1. The third-order valence-electron chi connectivity index (χ3n) is 4.97. The fourth-order valence-corrected chi connectivity index (χ4v) is 3.57. The first-order valence-corrected chi connectivity index (χ1v) is 8.83. The number of benzene rings is 1. The highest BCUT2D eigenvalue weighted by atomic mass is 16.4. The lowest BCUT2D eigenvalue weighted by Gasteiger charge is -2.33. The van der Waals surface area contributed by atoms with Gasteiger partial charge in [-0.15, -0.1) is 0 Å². The van der Waals surface area contributed by atoms with Crippen molar-refractivity contribution in [3.05, 3.63) is 41.1 Å². The van der Waals surface area contributed by atoms with Gasteiger partial charge in [-0.3, -0.25) is 14.6 Å². The fraction of sp³-hybridized carbons (Fsp3) is 0.450. The Morgan fingerprint density at radius 1 is 1.28 bits per heavy atom. The molecule has 2 heterocycles. The molecule has 1 fully saturated rings. The summed E-state index contributed by atoms with van der Waals surface area (Å²) in [5.41, 5.74) is 3.45. The van der Waals surface area contributed by atoms with Crippen molar-refractivity contribution in [2.45, 2.75) is 39.5 Å². The number of rotatable bonds is 4. The first kappa shape index (κ1) is 17.4. The lowest BCUT2D eigenvalue weighted by Crippen LogP contribution is -2.40. The minimum atomic E-state index is -0.770. The number of pyridine rings is 1. The van der Waals surface area contributed by atoms with Crippen LogP contribution < -0.4 is 0 Å². The average molecular weight is 340 g/mol. The van der Waals surface area contributed by atoms with E-state index in [1.807, 2.05) is 43.0 Å². The largest absolute Gasteiger partial charge is 0.481 e. The summed E-state index contributed by atoms with van der Waals surface area (Å²) in [6.07, 6.45) is 2.72. The Labute approximate surface area is 147 Å². The standard InChI is InChI=1S/C20H24N2O3/c1-13-5-7-16-11-17(14(2)21-18(16)10-13)20(25)22-9-3-4-15(12-22)6-8-19(23)24/h5,7,10-11,15H,3-4,6,8-9,12H2,1-2H3,(H,23,24)/t15-/m1/s1. The van der Waals surface area contributed by atoms with Gasteiger partial charge in [-0.25, -0.2) is 0 Å². The molecule has 5 nitrogen and oxygen atoms in total. The van der Waals surface area contributed by atoms with E-state index in [9.17, 15) is 9.59 Å². The van der Waals surface area contributed by atoms with Crippen LogP contribution in [0.2, 0.25) is 0 Å². The van der Waals surface area contributed by atoms with Gasteiger partial charge in [-0.05, 0) is 56.7 Å². The number of fused-ring (bicyclic) bond motifs is 1. The predicted octanol–water partition coefficient (Wildman–Crippen LogP) is 3.57. The van der Waals surface area contributed by atoms with E-state index in [2.05, 4.69) is 4.98 Å². The van der Waals surface area contributed by atoms with Gasteiger partial charge >= 0.3 is 5.97 Å². The van der Waals surface area contributed by atoms with E-state index in [1.54, 1.807) is 0 Å². The van der Waals surface area contributed by atoms with Crippen molar-refractivity contribution in [2.75, 3.05) is 13.1 Å². The number of hydrogen-bond donors (Lipinski definition) is 1. The van der Waals surface area contributed by atoms with Gasteiger partial charge in [0, 0.05) is 24.9 Å². The number of carboxylic acid groups (broad SMARTS) is 1. The van der Waals surface area contributed by atoms with Crippen LogP contribution >= 0.6 is 0 Å². The summed E-state index contributed by atoms with van der Waals surface area (Å²) in [4.78, 5) is 30.2. The summed E-state index contributed by atoms with van der Waals surface area (Å²) in [6.45, 7) is 5.27. The maximum Gasteiger partial charge on any atom is 0.303 e. The van der Waals surface area contributed by atoms with E-state index in [1.165, 1.54) is 0 Å². The van der Waals surface area contributed by atoms with E-state index in [4.69, 9.17) is 5.11 Å². The second-order valence-corrected chi connectivity index (χ2v) is 7.01. The molecule has 1 aromatic heterocycles. The number of nitrogens with zero attached hydrogens (tertiary/aromatic N) is 2. The van der Waals surface area contributed by atoms with Gasteiger partial charge in [0.2, 0.25) is 0 Å². The lowest BCUT2D eigenvalue weighted by molar-refractivity contribution is -0.137. The van der Waals surface area contributed by atoms with Crippen molar-refractivity contribution in [2.24, 2.45) is 5.92 Å². The van der Waals surface area contributed by atoms with Gasteiger partial charge < -0.3 is 10.0 Å². The minimum absolute atomic E-state index is 0.00694. The topological polar surface area (TPSA) is 70.5 Å². The molecule has 0 saturated carbocycles. The Morgan fingerprint density at radius 3 is 2.84 bits per heavy atom. The van der Waals surface area contributed by atoms with Gasteiger partial charge in [-0.1, -0.05) is 12.1 Å². The second kappa shape index (κ2) is 7.21. The molecule has 25 heavy (non-hydrogen) atoms. The van der Waals surface area contributed by atoms with E-state index < -0.39 is 5.97 Å². The molecule has 0 bridgehead atoms. The Balaban J connectivity index is 1.80. The zero-order chi connectivity index (χ0) is 18.0. The van der Waals surface area contributed by atoms with Gasteiger partial charge in [0.1, 0.15) is 0 Å². The molecular formula is C20H24N2O3. The molecule has 1 aromatic carbocycles. The Bertz CT molecular complexity index is 816. The van der Waals surface area contributed by atoms with Crippen molar-refractivity contribution in [3.63, 3.8) is 0 Å². The third-order valence-corrected chi connectivity index (χ3v) is 4.97. The summed E-state index contributed by atoms with van der Waals surface area (Å²) < 4.78 is 0. The highest BCUT2D eigenvalue weighted by Gasteiger charge is 2.26. The molecule has 1 aliphatic rings. The zero-order valence-electron chi connectivity index (χ0n) is 14.8. The molecule has 1 saturated heterocycles. The lowest BCUT2D eigenvalue weighted by atomic mass is 9.93. The maximum absolute atomic E-state index is 13.0. The van der Waals surface area contributed by atoms with E-state index in [-0.39, 0.29) is 18.2 Å². The molecule has 0 unspecified atom stereocenters. The fourth-order valence-electron chi connectivity index (χ4n) is 3.57. The summed E-state index contributed by atoms with van der Waals surface area (Å²) in [5, 5.41) is 9.84. The molecular weight excluding hydrogens is 316 g/mol. The highest BCUT2D eigenvalue weighted by Crippen LogP contribution is 2.24. The minimum Gasteiger partial charge on any atom is -0.481 e. The van der Waals surface area contributed by atoms with Crippen LogP contribution in [-0.4, -0.2) is 40.0 Å². The van der Waals surface area contributed by atoms with Crippen molar-refractivity contribution in [1.82, 2.24) is 9.88 Å². The third kappa shape index (κ3) is 3.98. The second-order valence-electron chi connectivity index (χ2n) is 7.01. The summed E-state index contributed by atoms with van der Waals surface area (Å²) in [5.74, 6) is -0.494. The predicted molar refractivity (Wildman–Crippen MR) is 96.7 cm³/mol. The molecule has 0 radical (unpaired) electrons. The van der Waals surface area contributed by atoms with E-state index in [0.29, 0.717) is 18.5 Å². The molecule has 1 atom stereocenters. The molecule has 1 aliphatic heterocycles. The molecule has 132 valence electrons. The van der Waals surface area contributed by atoms with Crippen LogP contribution in [-0.2, 0) is 4.79 Å². The highest BCUT2D eigenvalue weighted by molar-refractivity contribution is 5.98. The monoisotopic (exact) mass is 340 g/mol. The number of aromatic nitrogens is 1. The number of aliphatic carboxylic acids is 1.